The molecular formula is C21H23BrN2O3. The van der Waals surface area contributed by atoms with Crippen molar-refractivity contribution in [3.8, 4) is 5.75 Å². The van der Waals surface area contributed by atoms with Gasteiger partial charge in [-0.05, 0) is 56.2 Å². The number of likely N-dealkylation sites (tertiary alicyclic amines) is 1. The average molecular weight is 431 g/mol. The van der Waals surface area contributed by atoms with Crippen molar-refractivity contribution >= 4 is 33.4 Å². The predicted molar refractivity (Wildman–Crippen MR) is 109 cm³/mol. The molecule has 2 aromatic rings. The maximum absolute atomic E-state index is 12.6. The van der Waals surface area contributed by atoms with Crippen LogP contribution in [0.2, 0.25) is 0 Å². The van der Waals surface area contributed by atoms with E-state index in [1.54, 1.807) is 0 Å². The van der Waals surface area contributed by atoms with Crippen LogP contribution in [0.3, 0.4) is 0 Å². The van der Waals surface area contributed by atoms with Gasteiger partial charge in [-0.3, -0.25) is 9.59 Å². The SMILES string of the molecule is CCOc1ccccc1NC(=O)C1CCN(C(=O)c2ccc(Br)cc2)CC1. The Morgan fingerprint density at radius 1 is 1.11 bits per heavy atom. The average Bonchev–Trinajstić information content (AvgIpc) is 2.70. The number of amides is 2. The van der Waals surface area contributed by atoms with Crippen LogP contribution in [-0.4, -0.2) is 36.4 Å². The number of rotatable bonds is 5. The summed E-state index contributed by atoms with van der Waals surface area (Å²) in [4.78, 5) is 27.0. The van der Waals surface area contributed by atoms with Crippen LogP contribution >= 0.6 is 15.9 Å². The van der Waals surface area contributed by atoms with Gasteiger partial charge in [0.15, 0.2) is 0 Å². The molecule has 0 aliphatic carbocycles. The number of para-hydroxylation sites is 2. The Bertz CT molecular complexity index is 799. The minimum atomic E-state index is -0.103. The van der Waals surface area contributed by atoms with Crippen molar-refractivity contribution in [2.24, 2.45) is 5.92 Å². The lowest BCUT2D eigenvalue weighted by atomic mass is 9.95. The zero-order valence-electron chi connectivity index (χ0n) is 15.3. The van der Waals surface area contributed by atoms with Crippen LogP contribution in [-0.2, 0) is 4.79 Å². The Hall–Kier alpha value is -2.34. The van der Waals surface area contributed by atoms with E-state index >= 15 is 0 Å². The molecular weight excluding hydrogens is 408 g/mol. The highest BCUT2D eigenvalue weighted by Gasteiger charge is 2.28. The highest BCUT2D eigenvalue weighted by molar-refractivity contribution is 9.10. The number of anilines is 1. The first kappa shape index (κ1) is 19.4. The van der Waals surface area contributed by atoms with E-state index in [9.17, 15) is 9.59 Å². The first-order chi connectivity index (χ1) is 13.1. The van der Waals surface area contributed by atoms with Crippen LogP contribution in [0.1, 0.15) is 30.1 Å². The van der Waals surface area contributed by atoms with Gasteiger partial charge in [-0.15, -0.1) is 0 Å². The molecule has 0 saturated carbocycles. The van der Waals surface area contributed by atoms with Crippen LogP contribution < -0.4 is 10.1 Å². The summed E-state index contributed by atoms with van der Waals surface area (Å²) in [6.45, 7) is 3.63. The predicted octanol–water partition coefficient (Wildman–Crippen LogP) is 4.34. The first-order valence-corrected chi connectivity index (χ1v) is 9.95. The van der Waals surface area contributed by atoms with Crippen LogP contribution in [0.15, 0.2) is 53.0 Å². The van der Waals surface area contributed by atoms with Gasteiger partial charge in [0.2, 0.25) is 5.91 Å². The molecule has 0 bridgehead atoms. The van der Waals surface area contributed by atoms with E-state index in [-0.39, 0.29) is 17.7 Å². The zero-order chi connectivity index (χ0) is 19.2. The standard InChI is InChI=1S/C21H23BrN2O3/c1-2-27-19-6-4-3-5-18(19)23-20(25)15-11-13-24(14-12-15)21(26)16-7-9-17(22)10-8-16/h3-10,15H,2,11-14H2,1H3,(H,23,25). The zero-order valence-corrected chi connectivity index (χ0v) is 16.9. The van der Waals surface area contributed by atoms with Crippen molar-refractivity contribution < 1.29 is 14.3 Å². The minimum Gasteiger partial charge on any atom is -0.492 e. The monoisotopic (exact) mass is 430 g/mol. The van der Waals surface area contributed by atoms with Crippen LogP contribution in [0.5, 0.6) is 5.75 Å². The van der Waals surface area contributed by atoms with E-state index in [2.05, 4.69) is 21.2 Å². The molecule has 1 fully saturated rings. The lowest BCUT2D eigenvalue weighted by Crippen LogP contribution is -2.41. The molecule has 0 atom stereocenters. The number of hydrogen-bond acceptors (Lipinski definition) is 3. The van der Waals surface area contributed by atoms with E-state index in [1.807, 2.05) is 60.4 Å². The number of benzene rings is 2. The van der Waals surface area contributed by atoms with Crippen molar-refractivity contribution in [3.05, 3.63) is 58.6 Å². The van der Waals surface area contributed by atoms with Gasteiger partial charge >= 0.3 is 0 Å². The molecule has 27 heavy (non-hydrogen) atoms. The number of halogens is 1. The number of piperidine rings is 1. The molecule has 3 rings (SSSR count). The summed E-state index contributed by atoms with van der Waals surface area (Å²) >= 11 is 3.38. The largest absolute Gasteiger partial charge is 0.492 e. The molecule has 1 aliphatic rings. The van der Waals surface area contributed by atoms with Gasteiger partial charge in [0.25, 0.3) is 5.91 Å². The second-order valence-corrected chi connectivity index (χ2v) is 7.41. The van der Waals surface area contributed by atoms with Crippen molar-refractivity contribution in [2.45, 2.75) is 19.8 Å². The minimum absolute atomic E-state index is 0.0158. The molecule has 2 amide bonds. The summed E-state index contributed by atoms with van der Waals surface area (Å²) in [5, 5.41) is 2.97. The molecule has 1 heterocycles. The Kier molecular flexibility index (Phi) is 6.50. The molecule has 1 aliphatic heterocycles. The fourth-order valence-electron chi connectivity index (χ4n) is 3.21. The molecule has 0 radical (unpaired) electrons. The molecule has 2 aromatic carbocycles. The van der Waals surface area contributed by atoms with Crippen LogP contribution in [0, 0.1) is 5.92 Å². The van der Waals surface area contributed by atoms with E-state index in [0.29, 0.717) is 49.5 Å². The normalized spacial score (nSPS) is 14.7. The topological polar surface area (TPSA) is 58.6 Å². The van der Waals surface area contributed by atoms with E-state index in [0.717, 1.165) is 4.47 Å². The third-order valence-corrected chi connectivity index (χ3v) is 5.22. The highest BCUT2D eigenvalue weighted by atomic mass is 79.9. The number of nitrogens with zero attached hydrogens (tertiary/aromatic N) is 1. The summed E-state index contributed by atoms with van der Waals surface area (Å²) in [7, 11) is 0. The Labute approximate surface area is 167 Å². The molecule has 142 valence electrons. The van der Waals surface area contributed by atoms with Crippen LogP contribution in [0.25, 0.3) is 0 Å². The number of ether oxygens (including phenoxy) is 1. The third kappa shape index (κ3) is 4.89. The first-order valence-electron chi connectivity index (χ1n) is 9.16. The number of hydrogen-bond donors (Lipinski definition) is 1. The third-order valence-electron chi connectivity index (χ3n) is 4.69. The molecule has 0 spiro atoms. The van der Waals surface area contributed by atoms with Gasteiger partial charge in [0.05, 0.1) is 12.3 Å². The molecule has 1 N–H and O–H groups in total. The molecule has 0 aromatic heterocycles. The van der Waals surface area contributed by atoms with Crippen LogP contribution in [0.4, 0.5) is 5.69 Å². The Balaban J connectivity index is 1.56. The van der Waals surface area contributed by atoms with E-state index in [1.165, 1.54) is 0 Å². The fraction of sp³-hybridized carbons (Fsp3) is 0.333. The highest BCUT2D eigenvalue weighted by Crippen LogP contribution is 2.26. The van der Waals surface area contributed by atoms with E-state index < -0.39 is 0 Å². The van der Waals surface area contributed by atoms with Crippen molar-refractivity contribution in [3.63, 3.8) is 0 Å². The quantitative estimate of drug-likeness (QED) is 0.767. The number of carbonyl (C=O) groups excluding carboxylic acids is 2. The molecule has 1 saturated heterocycles. The second kappa shape index (κ2) is 9.04. The summed E-state index contributed by atoms with van der Waals surface area (Å²) in [6, 6.07) is 14.8. The van der Waals surface area contributed by atoms with Crippen molar-refractivity contribution in [1.29, 1.82) is 0 Å². The molecule has 5 nitrogen and oxygen atoms in total. The van der Waals surface area contributed by atoms with Gasteiger partial charge in [0.1, 0.15) is 5.75 Å². The summed E-state index contributed by atoms with van der Waals surface area (Å²) in [6.07, 6.45) is 1.32. The maximum atomic E-state index is 12.6. The van der Waals surface area contributed by atoms with Gasteiger partial charge in [-0.25, -0.2) is 0 Å². The molecule has 0 unspecified atom stereocenters. The van der Waals surface area contributed by atoms with Gasteiger partial charge in [0, 0.05) is 29.0 Å². The Morgan fingerprint density at radius 2 is 1.78 bits per heavy atom. The fourth-order valence-corrected chi connectivity index (χ4v) is 3.47. The maximum Gasteiger partial charge on any atom is 0.253 e. The Morgan fingerprint density at radius 3 is 2.44 bits per heavy atom. The van der Waals surface area contributed by atoms with Gasteiger partial charge in [-0.1, -0.05) is 28.1 Å². The summed E-state index contributed by atoms with van der Waals surface area (Å²) < 4.78 is 6.51. The second-order valence-electron chi connectivity index (χ2n) is 6.49. The van der Waals surface area contributed by atoms with Gasteiger partial charge < -0.3 is 15.0 Å². The number of carbonyl (C=O) groups is 2. The summed E-state index contributed by atoms with van der Waals surface area (Å²) in [5.41, 5.74) is 1.37. The van der Waals surface area contributed by atoms with Crippen molar-refractivity contribution in [2.75, 3.05) is 25.0 Å². The van der Waals surface area contributed by atoms with Crippen molar-refractivity contribution in [1.82, 2.24) is 4.90 Å². The number of nitrogens with one attached hydrogen (secondary N) is 1. The smallest absolute Gasteiger partial charge is 0.253 e. The lowest BCUT2D eigenvalue weighted by Gasteiger charge is -2.31. The van der Waals surface area contributed by atoms with E-state index in [4.69, 9.17) is 4.74 Å². The lowest BCUT2D eigenvalue weighted by molar-refractivity contribution is -0.121. The summed E-state index contributed by atoms with van der Waals surface area (Å²) in [5.74, 6) is 0.575. The van der Waals surface area contributed by atoms with Gasteiger partial charge in [-0.2, -0.15) is 0 Å². The molecule has 6 heteroatoms.